The Morgan fingerprint density at radius 1 is 1.00 bits per heavy atom. The number of hydrogen-bond donors (Lipinski definition) is 1. The van der Waals surface area contributed by atoms with E-state index in [2.05, 4.69) is 10.1 Å². The van der Waals surface area contributed by atoms with E-state index in [4.69, 9.17) is 32.7 Å². The molecule has 4 aromatic rings. The van der Waals surface area contributed by atoms with Crippen molar-refractivity contribution in [1.29, 1.82) is 0 Å². The summed E-state index contributed by atoms with van der Waals surface area (Å²) < 4.78 is 56.2. The molecular formula is C27H19Cl2F3N2O5. The predicted molar refractivity (Wildman–Crippen MR) is 137 cm³/mol. The van der Waals surface area contributed by atoms with Gasteiger partial charge in [-0.1, -0.05) is 29.3 Å². The van der Waals surface area contributed by atoms with Gasteiger partial charge in [-0.3, -0.25) is 10.1 Å². The van der Waals surface area contributed by atoms with E-state index in [9.17, 15) is 22.8 Å². The first-order valence-electron chi connectivity index (χ1n) is 11.5. The minimum Gasteiger partial charge on any atom is -0.455 e. The number of fused-ring (bicyclic) bond motifs is 1. The van der Waals surface area contributed by atoms with E-state index >= 15 is 0 Å². The monoisotopic (exact) mass is 578 g/mol. The number of halogens is 5. The second kappa shape index (κ2) is 9.69. The number of cyclic esters (lactones) is 1. The minimum atomic E-state index is -4.88. The molecule has 0 unspecified atom stereocenters. The fraction of sp³-hybridized carbons (Fsp3) is 0.185. The molecule has 1 aromatic heterocycles. The van der Waals surface area contributed by atoms with Crippen molar-refractivity contribution in [2.75, 3.05) is 0 Å². The Balaban J connectivity index is 1.61. The van der Waals surface area contributed by atoms with Crippen molar-refractivity contribution in [2.24, 2.45) is 0 Å². The van der Waals surface area contributed by atoms with Crippen molar-refractivity contribution < 1.29 is 37.0 Å². The van der Waals surface area contributed by atoms with E-state index < -0.39 is 29.7 Å². The molecular weight excluding hydrogens is 560 g/mol. The SMILES string of the molecule is Cc1c(Oc2ccc(Cl)cc2)c2ccc(OC(F)(F)F)cc2n1Cc1cc([C@@]2(C)OC(=O)NC2=O)ccc1Cl. The van der Waals surface area contributed by atoms with Gasteiger partial charge < -0.3 is 18.8 Å². The molecule has 3 aromatic carbocycles. The number of benzene rings is 3. The lowest BCUT2D eigenvalue weighted by atomic mass is 9.94. The van der Waals surface area contributed by atoms with Crippen LogP contribution in [0.2, 0.25) is 10.0 Å². The molecule has 2 amide bonds. The van der Waals surface area contributed by atoms with Gasteiger partial charge in [0.1, 0.15) is 11.5 Å². The second-order valence-electron chi connectivity index (χ2n) is 8.97. The fourth-order valence-electron chi connectivity index (χ4n) is 4.40. The molecule has 12 heteroatoms. The van der Waals surface area contributed by atoms with Crippen LogP contribution in [-0.2, 0) is 21.7 Å². The summed E-state index contributed by atoms with van der Waals surface area (Å²) in [5.74, 6) is -0.155. The molecule has 1 N–H and O–H groups in total. The lowest BCUT2D eigenvalue weighted by molar-refractivity contribution is -0.274. The first-order valence-corrected chi connectivity index (χ1v) is 12.2. The van der Waals surface area contributed by atoms with Crippen molar-refractivity contribution in [3.05, 3.63) is 87.5 Å². The van der Waals surface area contributed by atoms with E-state index in [1.54, 1.807) is 54.0 Å². The van der Waals surface area contributed by atoms with Crippen molar-refractivity contribution in [3.8, 4) is 17.2 Å². The summed E-state index contributed by atoms with van der Waals surface area (Å²) in [6, 6.07) is 15.3. The lowest BCUT2D eigenvalue weighted by Crippen LogP contribution is -2.33. The number of nitrogens with zero attached hydrogens (tertiary/aromatic N) is 1. The van der Waals surface area contributed by atoms with Gasteiger partial charge >= 0.3 is 12.5 Å². The number of nitrogens with one attached hydrogen (secondary N) is 1. The normalized spacial score (nSPS) is 17.3. The Hall–Kier alpha value is -3.89. The molecule has 0 spiro atoms. The molecule has 5 rings (SSSR count). The summed E-state index contributed by atoms with van der Waals surface area (Å²) in [7, 11) is 0. The first kappa shape index (κ1) is 26.7. The fourth-order valence-corrected chi connectivity index (χ4v) is 4.70. The van der Waals surface area contributed by atoms with Gasteiger partial charge in [-0.15, -0.1) is 13.2 Å². The molecule has 202 valence electrons. The van der Waals surface area contributed by atoms with E-state index in [-0.39, 0.29) is 6.54 Å². The van der Waals surface area contributed by atoms with Gasteiger partial charge in [0.05, 0.1) is 11.2 Å². The van der Waals surface area contributed by atoms with Crippen LogP contribution < -0.4 is 14.8 Å². The highest BCUT2D eigenvalue weighted by Gasteiger charge is 2.46. The number of carbonyl (C=O) groups is 2. The Morgan fingerprint density at radius 2 is 1.69 bits per heavy atom. The van der Waals surface area contributed by atoms with Crippen molar-refractivity contribution in [2.45, 2.75) is 32.4 Å². The smallest absolute Gasteiger partial charge is 0.455 e. The van der Waals surface area contributed by atoms with Crippen molar-refractivity contribution in [3.63, 3.8) is 0 Å². The third-order valence-corrected chi connectivity index (χ3v) is 7.00. The Morgan fingerprint density at radius 3 is 2.33 bits per heavy atom. The second-order valence-corrected chi connectivity index (χ2v) is 9.81. The number of ether oxygens (including phenoxy) is 3. The van der Waals surface area contributed by atoms with Gasteiger partial charge in [-0.25, -0.2) is 4.79 Å². The van der Waals surface area contributed by atoms with Crippen LogP contribution in [0.4, 0.5) is 18.0 Å². The molecule has 0 radical (unpaired) electrons. The topological polar surface area (TPSA) is 78.8 Å². The molecule has 7 nitrogen and oxygen atoms in total. The molecule has 0 bridgehead atoms. The van der Waals surface area contributed by atoms with E-state index in [0.29, 0.717) is 49.3 Å². The predicted octanol–water partition coefficient (Wildman–Crippen LogP) is 7.48. The Bertz CT molecular complexity index is 1620. The van der Waals surface area contributed by atoms with Gasteiger partial charge in [-0.05, 0) is 67.9 Å². The largest absolute Gasteiger partial charge is 0.573 e. The van der Waals surface area contributed by atoms with Crippen LogP contribution in [0.15, 0.2) is 60.7 Å². The number of alkyl carbamates (subject to hydrolysis) is 1. The average molecular weight is 579 g/mol. The van der Waals surface area contributed by atoms with Gasteiger partial charge in [0.15, 0.2) is 5.75 Å². The average Bonchev–Trinajstić information content (AvgIpc) is 3.27. The summed E-state index contributed by atoms with van der Waals surface area (Å²) >= 11 is 12.5. The quantitative estimate of drug-likeness (QED) is 0.256. The zero-order valence-corrected chi connectivity index (χ0v) is 21.9. The molecule has 1 aliphatic heterocycles. The third kappa shape index (κ3) is 5.22. The zero-order chi connectivity index (χ0) is 28.1. The number of aromatic nitrogens is 1. The van der Waals surface area contributed by atoms with Gasteiger partial charge in [0, 0.05) is 33.6 Å². The maximum absolute atomic E-state index is 13.0. The summed E-state index contributed by atoms with van der Waals surface area (Å²) in [6.07, 6.45) is -5.75. The summed E-state index contributed by atoms with van der Waals surface area (Å²) in [4.78, 5) is 24.1. The number of amides is 2. The standard InChI is InChI=1S/C27H19Cl2F3N2O5/c1-14-23(37-18-6-4-17(28)5-7-18)20-9-8-19(38-27(30,31)32)12-22(20)34(14)13-15-11-16(3-10-21(15)29)26(2)24(35)33-25(36)39-26/h3-12H,13H2,1-2H3,(H,33,35,36)/t26-/m1/s1. The third-order valence-electron chi connectivity index (χ3n) is 6.38. The lowest BCUT2D eigenvalue weighted by Gasteiger charge is -2.21. The molecule has 0 saturated carbocycles. The number of carbonyl (C=O) groups excluding carboxylic acids is 2. The molecule has 1 fully saturated rings. The van der Waals surface area contributed by atoms with E-state index in [1.807, 2.05) is 0 Å². The van der Waals surface area contributed by atoms with Crippen LogP contribution in [-0.4, -0.2) is 22.9 Å². The molecule has 1 aliphatic rings. The number of hydrogen-bond acceptors (Lipinski definition) is 5. The summed E-state index contributed by atoms with van der Waals surface area (Å²) in [5.41, 5.74) is 0.294. The van der Waals surface area contributed by atoms with E-state index in [0.717, 1.165) is 0 Å². The van der Waals surface area contributed by atoms with E-state index in [1.165, 1.54) is 25.1 Å². The molecule has 2 heterocycles. The highest BCUT2D eigenvalue weighted by atomic mass is 35.5. The minimum absolute atomic E-state index is 0.0834. The van der Waals surface area contributed by atoms with Crippen molar-refractivity contribution in [1.82, 2.24) is 9.88 Å². The Labute approximate surface area is 230 Å². The summed E-state index contributed by atoms with van der Waals surface area (Å²) in [6.45, 7) is 3.29. The van der Waals surface area contributed by atoms with Crippen LogP contribution in [0.3, 0.4) is 0 Å². The number of rotatable bonds is 6. The molecule has 1 atom stereocenters. The highest BCUT2D eigenvalue weighted by Crippen LogP contribution is 2.40. The van der Waals surface area contributed by atoms with Crippen LogP contribution in [0, 0.1) is 6.92 Å². The van der Waals surface area contributed by atoms with Crippen LogP contribution in [0.1, 0.15) is 23.7 Å². The molecule has 0 aliphatic carbocycles. The van der Waals surface area contributed by atoms with Gasteiger partial charge in [0.2, 0.25) is 5.60 Å². The maximum Gasteiger partial charge on any atom is 0.573 e. The highest BCUT2D eigenvalue weighted by molar-refractivity contribution is 6.31. The maximum atomic E-state index is 13.0. The van der Waals surface area contributed by atoms with Crippen LogP contribution in [0.25, 0.3) is 10.9 Å². The summed E-state index contributed by atoms with van der Waals surface area (Å²) in [5, 5.41) is 3.48. The van der Waals surface area contributed by atoms with Crippen molar-refractivity contribution >= 4 is 46.1 Å². The first-order chi connectivity index (χ1) is 18.3. The molecule has 39 heavy (non-hydrogen) atoms. The van der Waals surface area contributed by atoms with Crippen LogP contribution >= 0.6 is 23.2 Å². The van der Waals surface area contributed by atoms with Gasteiger partial charge in [-0.2, -0.15) is 0 Å². The Kier molecular flexibility index (Phi) is 6.64. The van der Waals surface area contributed by atoms with Gasteiger partial charge in [0.25, 0.3) is 5.91 Å². The number of imide groups is 1. The molecule has 1 saturated heterocycles. The van der Waals surface area contributed by atoms with Crippen LogP contribution in [0.5, 0.6) is 17.2 Å². The zero-order valence-electron chi connectivity index (χ0n) is 20.4. The number of alkyl halides is 3.